The van der Waals surface area contributed by atoms with Gasteiger partial charge in [-0.2, -0.15) is 0 Å². The molecule has 1 aliphatic heterocycles. The molecule has 0 saturated carbocycles. The Hall–Kier alpha value is -2.74. The van der Waals surface area contributed by atoms with Crippen LogP contribution < -0.4 is 10.4 Å². The summed E-state index contributed by atoms with van der Waals surface area (Å²) >= 11 is 1.74. The zero-order valence-electron chi connectivity index (χ0n) is 23.8. The number of likely N-dealkylation sites (tertiary alicyclic amines) is 1. The van der Waals surface area contributed by atoms with Crippen molar-refractivity contribution in [2.75, 3.05) is 19.7 Å². The van der Waals surface area contributed by atoms with E-state index >= 15 is 0 Å². The normalized spacial score (nSPS) is 17.2. The molecule has 0 atom stereocenters. The molecule has 0 radical (unpaired) electrons. The highest BCUT2D eigenvalue weighted by molar-refractivity contribution is 7.09. The lowest BCUT2D eigenvalue weighted by molar-refractivity contribution is -0.0222. The van der Waals surface area contributed by atoms with Gasteiger partial charge in [0.05, 0.1) is 17.8 Å². The number of rotatable bonds is 6. The second-order valence-corrected chi connectivity index (χ2v) is 17.8. The summed E-state index contributed by atoms with van der Waals surface area (Å²) in [6.07, 6.45) is 7.13. The number of amides is 1. The number of carbonyl (C=O) groups is 1. The van der Waals surface area contributed by atoms with Gasteiger partial charge >= 0.3 is 6.09 Å². The summed E-state index contributed by atoms with van der Waals surface area (Å²) < 4.78 is 13.2. The Morgan fingerprint density at radius 1 is 0.974 bits per heavy atom. The highest BCUT2D eigenvalue weighted by atomic mass is 32.1. The number of benzene rings is 2. The van der Waals surface area contributed by atoms with Crippen LogP contribution in [-0.2, 0) is 15.6 Å². The van der Waals surface area contributed by atoms with Gasteiger partial charge in [-0.15, -0.1) is 11.3 Å². The predicted molar refractivity (Wildman–Crippen MR) is 162 cm³/mol. The van der Waals surface area contributed by atoms with Crippen LogP contribution >= 0.6 is 11.3 Å². The first-order valence-electron chi connectivity index (χ1n) is 13.9. The molecule has 206 valence electrons. The summed E-state index contributed by atoms with van der Waals surface area (Å²) in [5.41, 5.74) is 2.38. The lowest BCUT2D eigenvalue weighted by atomic mass is 9.73. The molecule has 1 aromatic heterocycles. The van der Waals surface area contributed by atoms with Gasteiger partial charge in [0.25, 0.3) is 8.32 Å². The fraction of sp³-hybridized carbons (Fsp3) is 0.438. The minimum atomic E-state index is -2.72. The molecule has 3 aromatic rings. The van der Waals surface area contributed by atoms with E-state index < -0.39 is 13.9 Å². The summed E-state index contributed by atoms with van der Waals surface area (Å²) in [4.78, 5) is 21.0. The molecule has 2 heterocycles. The van der Waals surface area contributed by atoms with Crippen molar-refractivity contribution in [3.05, 3.63) is 82.8 Å². The van der Waals surface area contributed by atoms with E-state index in [0.717, 1.165) is 25.0 Å². The van der Waals surface area contributed by atoms with E-state index in [-0.39, 0.29) is 16.5 Å². The van der Waals surface area contributed by atoms with E-state index in [1.807, 2.05) is 36.4 Å². The zero-order valence-corrected chi connectivity index (χ0v) is 25.6. The van der Waals surface area contributed by atoms with Crippen molar-refractivity contribution in [3.63, 3.8) is 0 Å². The molecule has 0 bridgehead atoms. The van der Waals surface area contributed by atoms with Crippen LogP contribution in [-0.4, -0.2) is 49.6 Å². The minimum absolute atomic E-state index is 0.123. The standard InChI is InChI=1S/C32H40N2O3SSi/c1-30(2,3)39(25-12-8-6-9-13-25,26-14-10-7-11-15-26)36-23-31(4,5)37-29(35)34-20-18-32(19-21-34)17-16-27-28(22-32)38-24-33-27/h6-17,24H,18-23H2,1-5H3. The van der Waals surface area contributed by atoms with Gasteiger partial charge in [0.15, 0.2) is 0 Å². The Kier molecular flexibility index (Phi) is 7.61. The number of carbonyl (C=O) groups excluding carboxylic acids is 1. The largest absolute Gasteiger partial charge is 0.441 e. The first-order chi connectivity index (χ1) is 18.5. The fourth-order valence-corrected chi connectivity index (χ4v) is 11.7. The Balaban J connectivity index is 1.28. The number of allylic oxidation sites excluding steroid dienone is 1. The van der Waals surface area contributed by atoms with Gasteiger partial charge < -0.3 is 14.1 Å². The third kappa shape index (κ3) is 5.63. The molecule has 2 aliphatic rings. The second-order valence-electron chi connectivity index (χ2n) is 12.6. The van der Waals surface area contributed by atoms with Gasteiger partial charge in [-0.1, -0.05) is 87.5 Å². The molecular formula is C32H40N2O3SSi. The van der Waals surface area contributed by atoms with Gasteiger partial charge in [0.2, 0.25) is 0 Å². The van der Waals surface area contributed by atoms with Crippen molar-refractivity contribution < 1.29 is 14.0 Å². The molecular weight excluding hydrogens is 521 g/mol. The van der Waals surface area contributed by atoms with E-state index in [2.05, 4.69) is 86.4 Å². The number of piperidine rings is 1. The van der Waals surface area contributed by atoms with Crippen molar-refractivity contribution >= 4 is 42.2 Å². The van der Waals surface area contributed by atoms with Crippen molar-refractivity contribution in [2.24, 2.45) is 5.41 Å². The Labute approximate surface area is 238 Å². The molecule has 1 aliphatic carbocycles. The van der Waals surface area contributed by atoms with Gasteiger partial charge in [0.1, 0.15) is 5.60 Å². The number of hydrogen-bond donors (Lipinski definition) is 0. The molecule has 39 heavy (non-hydrogen) atoms. The number of thiazole rings is 1. The summed E-state index contributed by atoms with van der Waals surface area (Å²) in [6, 6.07) is 21.2. The summed E-state index contributed by atoms with van der Waals surface area (Å²) in [5.74, 6) is 0. The van der Waals surface area contributed by atoms with E-state index in [9.17, 15) is 4.79 Å². The van der Waals surface area contributed by atoms with Crippen LogP contribution in [0.1, 0.15) is 58.0 Å². The third-order valence-corrected chi connectivity index (χ3v) is 14.0. The first kappa shape index (κ1) is 27.8. The Morgan fingerprint density at radius 3 is 2.13 bits per heavy atom. The van der Waals surface area contributed by atoms with E-state index in [1.54, 1.807) is 11.3 Å². The predicted octanol–water partition coefficient (Wildman–Crippen LogP) is 6.29. The quantitative estimate of drug-likeness (QED) is 0.333. The first-order valence-corrected chi connectivity index (χ1v) is 16.7. The van der Waals surface area contributed by atoms with Crippen LogP contribution in [0, 0.1) is 5.41 Å². The Morgan fingerprint density at radius 2 is 1.56 bits per heavy atom. The average molecular weight is 561 g/mol. The average Bonchev–Trinajstić information content (AvgIpc) is 3.37. The van der Waals surface area contributed by atoms with Gasteiger partial charge in [0, 0.05) is 18.0 Å². The lowest BCUT2D eigenvalue weighted by Gasteiger charge is -2.45. The van der Waals surface area contributed by atoms with Crippen LogP contribution in [0.3, 0.4) is 0 Å². The maximum Gasteiger partial charge on any atom is 0.410 e. The molecule has 0 unspecified atom stereocenters. The molecule has 2 aromatic carbocycles. The van der Waals surface area contributed by atoms with Gasteiger partial charge in [-0.05, 0) is 60.0 Å². The third-order valence-electron chi connectivity index (χ3n) is 8.21. The van der Waals surface area contributed by atoms with Crippen molar-refractivity contribution in [1.82, 2.24) is 9.88 Å². The fourth-order valence-electron chi connectivity index (χ4n) is 6.03. The molecule has 1 amide bonds. The van der Waals surface area contributed by atoms with Crippen LogP contribution in [0.2, 0.25) is 5.04 Å². The van der Waals surface area contributed by atoms with E-state index in [4.69, 9.17) is 9.16 Å². The maximum absolute atomic E-state index is 13.3. The van der Waals surface area contributed by atoms with E-state index in [0.29, 0.717) is 19.7 Å². The smallest absolute Gasteiger partial charge is 0.410 e. The highest BCUT2D eigenvalue weighted by Crippen LogP contribution is 2.42. The van der Waals surface area contributed by atoms with Crippen molar-refractivity contribution in [3.8, 4) is 0 Å². The number of hydrogen-bond acceptors (Lipinski definition) is 5. The van der Waals surface area contributed by atoms with Gasteiger partial charge in [-0.25, -0.2) is 9.78 Å². The number of aromatic nitrogens is 1. The number of ether oxygens (including phenoxy) is 1. The van der Waals surface area contributed by atoms with Gasteiger partial charge in [-0.3, -0.25) is 0 Å². The SMILES string of the molecule is CC(C)(CO[Si](c1ccccc1)(c1ccccc1)C(C)(C)C)OC(=O)N1CCC2(C=Cc3ncsc3C2)CC1. The van der Waals surface area contributed by atoms with E-state index in [1.165, 1.54) is 15.3 Å². The Bertz CT molecular complexity index is 1270. The van der Waals surface area contributed by atoms with Crippen molar-refractivity contribution in [1.29, 1.82) is 0 Å². The molecule has 5 nitrogen and oxygen atoms in total. The summed E-state index contributed by atoms with van der Waals surface area (Å²) in [5, 5.41) is 2.30. The molecule has 1 spiro atoms. The monoisotopic (exact) mass is 560 g/mol. The van der Waals surface area contributed by atoms with Crippen LogP contribution in [0.4, 0.5) is 4.79 Å². The molecule has 1 fully saturated rings. The summed E-state index contributed by atoms with van der Waals surface area (Å²) in [7, 11) is -2.72. The summed E-state index contributed by atoms with van der Waals surface area (Å²) in [6.45, 7) is 12.4. The maximum atomic E-state index is 13.3. The molecule has 1 saturated heterocycles. The zero-order chi connectivity index (χ0) is 27.7. The highest BCUT2D eigenvalue weighted by Gasteiger charge is 2.51. The van der Waals surface area contributed by atoms with Crippen LogP contribution in [0.15, 0.2) is 72.3 Å². The molecule has 7 heteroatoms. The topological polar surface area (TPSA) is 51.7 Å². The van der Waals surface area contributed by atoms with Crippen LogP contribution in [0.25, 0.3) is 6.08 Å². The molecule has 0 N–H and O–H groups in total. The molecule has 5 rings (SSSR count). The lowest BCUT2D eigenvalue weighted by Crippen LogP contribution is -2.67. The second kappa shape index (κ2) is 10.7. The van der Waals surface area contributed by atoms with Crippen molar-refractivity contribution in [2.45, 2.75) is 64.5 Å². The van der Waals surface area contributed by atoms with Crippen LogP contribution in [0.5, 0.6) is 0 Å². The minimum Gasteiger partial charge on any atom is -0.441 e. The number of fused-ring (bicyclic) bond motifs is 1. The number of nitrogens with zero attached hydrogens (tertiary/aromatic N) is 2.